The molecule has 2 aromatic carbocycles. The van der Waals surface area contributed by atoms with Crippen molar-refractivity contribution in [1.29, 1.82) is 0 Å². The van der Waals surface area contributed by atoms with Gasteiger partial charge >= 0.3 is 0 Å². The monoisotopic (exact) mass is 411 g/mol. The molecule has 31 heavy (non-hydrogen) atoms. The molecule has 3 heterocycles. The summed E-state index contributed by atoms with van der Waals surface area (Å²) in [5.41, 5.74) is 4.89. The summed E-state index contributed by atoms with van der Waals surface area (Å²) in [5.74, 6) is -0.213. The summed E-state index contributed by atoms with van der Waals surface area (Å²) in [6.45, 7) is 2.20. The maximum atomic E-state index is 13.0. The number of hydrogen-bond donors (Lipinski definition) is 1. The van der Waals surface area contributed by atoms with Crippen LogP contribution in [0.4, 0.5) is 11.4 Å². The summed E-state index contributed by atoms with van der Waals surface area (Å²) < 4.78 is 1.71. The molecule has 0 atom stereocenters. The molecule has 6 heteroatoms. The number of rotatable bonds is 4. The first-order valence-electron chi connectivity index (χ1n) is 10.8. The van der Waals surface area contributed by atoms with Crippen LogP contribution in [0.25, 0.3) is 16.9 Å². The Labute approximate surface area is 181 Å². The van der Waals surface area contributed by atoms with E-state index in [1.54, 1.807) is 16.9 Å². The second kappa shape index (κ2) is 8.60. The molecule has 1 aliphatic heterocycles. The molecule has 1 aliphatic rings. The molecule has 0 saturated carbocycles. The Morgan fingerprint density at radius 2 is 1.61 bits per heavy atom. The van der Waals surface area contributed by atoms with E-state index in [0.29, 0.717) is 11.2 Å². The number of carbonyl (C=O) groups is 1. The van der Waals surface area contributed by atoms with Crippen molar-refractivity contribution in [3.8, 4) is 11.3 Å². The zero-order valence-electron chi connectivity index (χ0n) is 17.4. The van der Waals surface area contributed by atoms with Crippen LogP contribution in [0, 0.1) is 0 Å². The standard InChI is InChI=1S/C25H25N5O/c31-25(28-20-10-12-21(13-11-20)29-16-6-1-2-7-17-29)22-18-27-30-23(14-15-26-24(22)30)19-8-4-3-5-9-19/h3-5,8-15,18H,1-2,6-7,16-17H2,(H,28,31). The van der Waals surface area contributed by atoms with Crippen molar-refractivity contribution >= 4 is 22.9 Å². The predicted octanol–water partition coefficient (Wildman–Crippen LogP) is 5.03. The predicted molar refractivity (Wildman–Crippen MR) is 123 cm³/mol. The molecule has 0 radical (unpaired) electrons. The quantitative estimate of drug-likeness (QED) is 0.512. The van der Waals surface area contributed by atoms with E-state index in [9.17, 15) is 4.79 Å². The lowest BCUT2D eigenvalue weighted by Crippen LogP contribution is -2.23. The van der Waals surface area contributed by atoms with Crippen molar-refractivity contribution in [2.75, 3.05) is 23.3 Å². The van der Waals surface area contributed by atoms with Gasteiger partial charge in [-0.1, -0.05) is 43.2 Å². The minimum absolute atomic E-state index is 0.213. The van der Waals surface area contributed by atoms with Crippen LogP contribution in [0.15, 0.2) is 73.1 Å². The van der Waals surface area contributed by atoms with Crippen LogP contribution in [0.2, 0.25) is 0 Å². The van der Waals surface area contributed by atoms with Crippen molar-refractivity contribution in [1.82, 2.24) is 14.6 Å². The Balaban J connectivity index is 1.36. The first-order valence-corrected chi connectivity index (χ1v) is 10.8. The van der Waals surface area contributed by atoms with Gasteiger partial charge in [0.25, 0.3) is 5.91 Å². The van der Waals surface area contributed by atoms with Crippen molar-refractivity contribution in [3.05, 3.63) is 78.6 Å². The van der Waals surface area contributed by atoms with E-state index in [2.05, 4.69) is 32.4 Å². The summed E-state index contributed by atoms with van der Waals surface area (Å²) in [4.78, 5) is 19.8. The fourth-order valence-corrected chi connectivity index (χ4v) is 4.16. The van der Waals surface area contributed by atoms with Gasteiger partial charge < -0.3 is 10.2 Å². The van der Waals surface area contributed by atoms with Crippen molar-refractivity contribution in [3.63, 3.8) is 0 Å². The number of carbonyl (C=O) groups excluding carboxylic acids is 1. The summed E-state index contributed by atoms with van der Waals surface area (Å²) in [6, 6.07) is 20.0. The lowest BCUT2D eigenvalue weighted by atomic mass is 10.1. The fraction of sp³-hybridized carbons (Fsp3) is 0.240. The van der Waals surface area contributed by atoms with E-state index in [1.165, 1.54) is 31.4 Å². The number of nitrogens with one attached hydrogen (secondary N) is 1. The Bertz CT molecular complexity index is 1180. The number of aromatic nitrogens is 3. The third-order valence-corrected chi connectivity index (χ3v) is 5.81. The molecule has 156 valence electrons. The number of benzene rings is 2. The molecule has 6 nitrogen and oxygen atoms in total. The third kappa shape index (κ3) is 4.01. The first-order chi connectivity index (χ1) is 15.3. The lowest BCUT2D eigenvalue weighted by Gasteiger charge is -2.22. The molecule has 1 N–H and O–H groups in total. The van der Waals surface area contributed by atoms with Crippen molar-refractivity contribution in [2.45, 2.75) is 25.7 Å². The molecular weight excluding hydrogens is 386 g/mol. The maximum absolute atomic E-state index is 13.0. The third-order valence-electron chi connectivity index (χ3n) is 5.81. The van der Waals surface area contributed by atoms with E-state index in [4.69, 9.17) is 0 Å². The molecule has 2 aromatic heterocycles. The van der Waals surface area contributed by atoms with Gasteiger partial charge in [0.15, 0.2) is 5.65 Å². The zero-order chi connectivity index (χ0) is 21.0. The van der Waals surface area contributed by atoms with Gasteiger partial charge in [-0.3, -0.25) is 4.79 Å². The second-order valence-electron chi connectivity index (χ2n) is 7.89. The number of nitrogens with zero attached hydrogens (tertiary/aromatic N) is 4. The van der Waals surface area contributed by atoms with Gasteiger partial charge in [0.1, 0.15) is 5.56 Å². The highest BCUT2D eigenvalue weighted by molar-refractivity contribution is 6.08. The number of anilines is 2. The molecule has 0 unspecified atom stereocenters. The minimum Gasteiger partial charge on any atom is -0.372 e. The van der Waals surface area contributed by atoms with Gasteiger partial charge in [-0.2, -0.15) is 5.10 Å². The number of amides is 1. The molecule has 0 aliphatic carbocycles. The van der Waals surface area contributed by atoms with Crippen molar-refractivity contribution < 1.29 is 4.79 Å². The Morgan fingerprint density at radius 3 is 2.35 bits per heavy atom. The average molecular weight is 412 g/mol. The van der Waals surface area contributed by atoms with Crippen LogP contribution in [0.3, 0.4) is 0 Å². The summed E-state index contributed by atoms with van der Waals surface area (Å²) in [6.07, 6.45) is 8.40. The highest BCUT2D eigenvalue weighted by Gasteiger charge is 2.17. The zero-order valence-corrected chi connectivity index (χ0v) is 17.4. The van der Waals surface area contributed by atoms with Gasteiger partial charge in [-0.15, -0.1) is 0 Å². The number of hydrogen-bond acceptors (Lipinski definition) is 4. The Hall–Kier alpha value is -3.67. The topological polar surface area (TPSA) is 62.5 Å². The molecular formula is C25H25N5O. The first kappa shape index (κ1) is 19.3. The highest BCUT2D eigenvalue weighted by Crippen LogP contribution is 2.23. The largest absolute Gasteiger partial charge is 0.372 e. The van der Waals surface area contributed by atoms with Crippen LogP contribution in [0.1, 0.15) is 36.0 Å². The van der Waals surface area contributed by atoms with Crippen LogP contribution < -0.4 is 10.2 Å². The number of fused-ring (bicyclic) bond motifs is 1. The normalized spacial score (nSPS) is 14.4. The van der Waals surface area contributed by atoms with E-state index in [0.717, 1.165) is 30.0 Å². The maximum Gasteiger partial charge on any atom is 0.261 e. The highest BCUT2D eigenvalue weighted by atomic mass is 16.1. The van der Waals surface area contributed by atoms with Crippen molar-refractivity contribution in [2.24, 2.45) is 0 Å². The summed E-state index contributed by atoms with van der Waals surface area (Å²) in [5, 5.41) is 7.42. The van der Waals surface area contributed by atoms with E-state index in [-0.39, 0.29) is 5.91 Å². The second-order valence-corrected chi connectivity index (χ2v) is 7.89. The summed E-state index contributed by atoms with van der Waals surface area (Å²) >= 11 is 0. The van der Waals surface area contributed by atoms with Crippen LogP contribution in [-0.2, 0) is 0 Å². The molecule has 1 amide bonds. The van der Waals surface area contributed by atoms with E-state index >= 15 is 0 Å². The van der Waals surface area contributed by atoms with Crippen LogP contribution in [-0.4, -0.2) is 33.6 Å². The van der Waals surface area contributed by atoms with Gasteiger partial charge in [0.2, 0.25) is 0 Å². The minimum atomic E-state index is -0.213. The van der Waals surface area contributed by atoms with Gasteiger partial charge in [0, 0.05) is 36.2 Å². The molecule has 5 rings (SSSR count). The van der Waals surface area contributed by atoms with Crippen LogP contribution >= 0.6 is 0 Å². The smallest absolute Gasteiger partial charge is 0.261 e. The van der Waals surface area contributed by atoms with E-state index < -0.39 is 0 Å². The average Bonchev–Trinajstić information content (AvgIpc) is 3.07. The lowest BCUT2D eigenvalue weighted by molar-refractivity contribution is 0.102. The SMILES string of the molecule is O=C(Nc1ccc(N2CCCCCC2)cc1)c1cnn2c(-c3ccccc3)ccnc12. The van der Waals surface area contributed by atoms with E-state index in [1.807, 2.05) is 48.5 Å². The summed E-state index contributed by atoms with van der Waals surface area (Å²) in [7, 11) is 0. The molecule has 1 fully saturated rings. The fourth-order valence-electron chi connectivity index (χ4n) is 4.16. The molecule has 4 aromatic rings. The molecule has 0 spiro atoms. The molecule has 0 bridgehead atoms. The Morgan fingerprint density at radius 1 is 0.871 bits per heavy atom. The molecule has 1 saturated heterocycles. The van der Waals surface area contributed by atoms with Gasteiger partial charge in [0.05, 0.1) is 11.9 Å². The van der Waals surface area contributed by atoms with Gasteiger partial charge in [-0.25, -0.2) is 9.50 Å². The van der Waals surface area contributed by atoms with Crippen LogP contribution in [0.5, 0.6) is 0 Å². The van der Waals surface area contributed by atoms with Gasteiger partial charge in [-0.05, 0) is 43.2 Å². The Kier molecular flexibility index (Phi) is 5.35.